The van der Waals surface area contributed by atoms with Crippen molar-refractivity contribution in [3.05, 3.63) is 407 Å². The van der Waals surface area contributed by atoms with Gasteiger partial charge in [-0.25, -0.2) is 29.9 Å². The molecule has 0 saturated heterocycles. The minimum Gasteiger partial charge on any atom is -0.456 e. The molecule has 0 fully saturated rings. The molecular weight excluding hydrogens is 1280 g/mol. The molecule has 0 amide bonds. The van der Waals surface area contributed by atoms with Gasteiger partial charge in [0.15, 0.2) is 34.9 Å². The first kappa shape index (κ1) is 30.4. The van der Waals surface area contributed by atoms with Crippen molar-refractivity contribution in [1.82, 2.24) is 29.9 Å². The second kappa shape index (κ2) is 24.8. The molecule has 0 saturated carbocycles. The van der Waals surface area contributed by atoms with Crippen LogP contribution in [0.15, 0.2) is 366 Å². The zero-order valence-corrected chi connectivity index (χ0v) is 53.5. The number of fused-ring (bicyclic) bond motifs is 13. The van der Waals surface area contributed by atoms with Crippen LogP contribution in [0.4, 0.5) is 0 Å². The number of furan rings is 2. The Labute approximate surface area is 670 Å². The predicted octanol–water partition coefficient (Wildman–Crippen LogP) is 23.7. The van der Waals surface area contributed by atoms with E-state index in [0.29, 0.717) is 16.7 Å². The molecule has 4 aromatic heterocycles. The molecule has 4 heterocycles. The van der Waals surface area contributed by atoms with E-state index < -0.39 is 423 Å². The van der Waals surface area contributed by atoms with Crippen LogP contribution in [0.25, 0.3) is 145 Å². The largest absolute Gasteiger partial charge is 0.456 e. The van der Waals surface area contributed by atoms with Gasteiger partial charge in [0.2, 0.25) is 0 Å². The summed E-state index contributed by atoms with van der Waals surface area (Å²) in [6.45, 7) is 1.25. The van der Waals surface area contributed by atoms with Gasteiger partial charge in [0.05, 0.1) is 73.9 Å². The van der Waals surface area contributed by atoms with Crippen LogP contribution in [0.2, 0.25) is 0 Å². The van der Waals surface area contributed by atoms with E-state index >= 15 is 0 Å². The molecule has 8 nitrogen and oxygen atoms in total. The molecule has 1 unspecified atom stereocenters. The van der Waals surface area contributed by atoms with Crippen molar-refractivity contribution in [3.63, 3.8) is 0 Å². The zero-order valence-electron chi connectivity index (χ0n) is 99.5. The smallest absolute Gasteiger partial charge is 0.164 e. The van der Waals surface area contributed by atoms with Crippen molar-refractivity contribution in [2.45, 2.75) is 17.8 Å². The molecule has 2 aliphatic carbocycles. The van der Waals surface area contributed by atoms with Gasteiger partial charge < -0.3 is 8.83 Å². The maximum absolute atomic E-state index is 10.4. The molecule has 0 N–H and O–H groups in total. The summed E-state index contributed by atoms with van der Waals surface area (Å²) < 4.78 is 427. The van der Waals surface area contributed by atoms with Crippen molar-refractivity contribution < 1.29 is 71.9 Å². The Morgan fingerprint density at radius 1 is 0.257 bits per heavy atom. The van der Waals surface area contributed by atoms with E-state index in [0.717, 1.165) is 11.1 Å². The van der Waals surface area contributed by atoms with E-state index in [9.17, 15) is 21.9 Å². The molecule has 492 valence electrons. The molecule has 1 atom stereocenters. The average Bonchev–Trinajstić information content (AvgIpc) is 1.48. The lowest BCUT2D eigenvalue weighted by Crippen LogP contribution is -2.28. The van der Waals surface area contributed by atoms with Gasteiger partial charge in [0.1, 0.15) is 22.3 Å². The highest BCUT2D eigenvalue weighted by Crippen LogP contribution is 2.59. The van der Waals surface area contributed by atoms with Crippen molar-refractivity contribution in [1.29, 1.82) is 0 Å². The Bertz CT molecular complexity index is 9250. The van der Waals surface area contributed by atoms with Crippen LogP contribution < -0.4 is 0 Å². The number of hydrogen-bond donors (Lipinski definition) is 0. The molecule has 2 aliphatic rings. The standard InChI is InChI=1S/C50H31N3O.C47H31N3O/c1-3-15-33(16-4-1)47-51-48(35-27-26-32-14-7-8-17-34(32)30-35)53-49(52-47)40-22-13-25-45-46(40)41-31-37(28-29-44(41)54-45)50(36-18-5-2-6-19-36)42-23-11-9-20-38(42)39-21-10-12-24-43(39)50;1-30-24-26-40-37(28-30)35-20-11-12-22-39(35)47(40,33-18-9-4-10-19-33)34-25-27-41-38(29-34)43-36(21-13-23-42(43)51-41)46-49-44(31-14-5-2-6-15-31)48-45(50-46)32-16-7-3-8-17-32/h1-31H;2-29H,1H3/i1D,3D,4D,7D,8D,13D,14D,15D,16D,17D,22D,25D,26D,27D,28D,29D,30D,31D;2D,3D,4D,5D,6D,7D,8D,9D,10D,11D,12D,13D,14D,15D,16D,17D,18D,19D,20D,21D,22D,23D,24D,25D,26D,27D,28D,29D. The fourth-order valence-electron chi connectivity index (χ4n) is 13.6. The summed E-state index contributed by atoms with van der Waals surface area (Å²) in [6, 6.07) is -15.2. The van der Waals surface area contributed by atoms with Crippen LogP contribution >= 0.6 is 0 Å². The number of hydrogen-bond acceptors (Lipinski definition) is 8. The van der Waals surface area contributed by atoms with E-state index in [1.807, 2.05) is 78.9 Å². The Balaban J connectivity index is 0.000000183. The van der Waals surface area contributed by atoms with E-state index in [4.69, 9.17) is 50.0 Å². The number of aromatic nitrogens is 6. The summed E-state index contributed by atoms with van der Waals surface area (Å²) in [5.74, 6) is -4.60. The summed E-state index contributed by atoms with van der Waals surface area (Å²) in [7, 11) is 0. The Kier molecular flexibility index (Phi) is 7.17. The SMILES string of the molecule is [2H]c1c([2H])c([2H])c(-c2nc(-c3c([2H])c([2H])c([2H])c([2H])c3[2H])nc(-c3c([2H])c([2H])c([2H])c4oc5c([2H])c([2H])c(C6(c7c([2H])c([2H])c([2H])c([2H])c7[2H])c7c([2H])c([2H])c([2H])c([2H])c7-c7c([2H])c(C)c([2H])c([2H])c76)c([2H])c5c34)n2)c([2H])c1[2H].[2H]c1c([2H])c([2H])c(-c2nc(-c3c([2H])c([2H])c4c([2H])c([2H])c([2H])c([2H])c4c3[2H])nc(-c3c([2H])c([2H])c([2H])c4oc5c([2H])c([2H])c(C6(c7ccccc7)c7ccccc7-c7ccccc76)c([2H])c5c34)n2)c([2H])c1[2H]. The number of benzene rings is 15. The van der Waals surface area contributed by atoms with Gasteiger partial charge in [0, 0.05) is 54.9 Å². The van der Waals surface area contributed by atoms with Gasteiger partial charge in [-0.3, -0.25) is 0 Å². The Hall–Kier alpha value is -13.8. The Morgan fingerprint density at radius 3 is 1.25 bits per heavy atom. The monoisotopic (exact) mass is 1390 g/mol. The third-order valence-corrected chi connectivity index (χ3v) is 17.9. The summed E-state index contributed by atoms with van der Waals surface area (Å²) >= 11 is 0. The van der Waals surface area contributed by atoms with Crippen LogP contribution in [0.1, 0.15) is 113 Å². The molecule has 8 heteroatoms. The molecular formula is C97H62N6O2. The summed E-state index contributed by atoms with van der Waals surface area (Å²) in [5.41, 5.74) is -12.0. The van der Waals surface area contributed by atoms with E-state index in [1.165, 1.54) is 6.92 Å². The first-order valence-electron chi connectivity index (χ1n) is 54.8. The number of nitrogens with zero attached hydrogens (tertiary/aromatic N) is 6. The predicted molar refractivity (Wildman–Crippen MR) is 424 cm³/mol. The summed E-state index contributed by atoms with van der Waals surface area (Å²) in [4.78, 5) is 26.6. The van der Waals surface area contributed by atoms with Crippen molar-refractivity contribution >= 4 is 54.6 Å². The van der Waals surface area contributed by atoms with Gasteiger partial charge in [-0.15, -0.1) is 0 Å². The molecule has 19 aromatic rings. The normalized spacial score (nSPS) is 20.0. The highest BCUT2D eigenvalue weighted by Gasteiger charge is 2.48. The minimum absolute atomic E-state index is 0.0304. The molecule has 0 aliphatic heterocycles. The third kappa shape index (κ3) is 9.90. The van der Waals surface area contributed by atoms with E-state index in [1.54, 1.807) is 0 Å². The first-order chi connectivity index (χ1) is 71.1. The average molecular weight is 1390 g/mol. The van der Waals surface area contributed by atoms with Gasteiger partial charge >= 0.3 is 0 Å². The van der Waals surface area contributed by atoms with Crippen molar-refractivity contribution in [2.75, 3.05) is 0 Å². The second-order valence-electron chi connectivity index (χ2n) is 23.6. The molecule has 21 rings (SSSR count). The van der Waals surface area contributed by atoms with Gasteiger partial charge in [0.25, 0.3) is 0 Å². The van der Waals surface area contributed by atoms with Crippen LogP contribution in [-0.2, 0) is 10.8 Å². The van der Waals surface area contributed by atoms with Crippen LogP contribution in [0, 0.1) is 6.92 Å². The van der Waals surface area contributed by atoms with Crippen LogP contribution in [0.3, 0.4) is 0 Å². The second-order valence-corrected chi connectivity index (χ2v) is 23.6. The Morgan fingerprint density at radius 2 is 0.695 bits per heavy atom. The maximum atomic E-state index is 10.4. The topological polar surface area (TPSA) is 104 Å². The fourth-order valence-corrected chi connectivity index (χ4v) is 13.6. The van der Waals surface area contributed by atoms with Crippen molar-refractivity contribution in [2.24, 2.45) is 0 Å². The van der Waals surface area contributed by atoms with Gasteiger partial charge in [-0.1, -0.05) is 320 Å². The fraction of sp³-hybridized carbons (Fsp3) is 0.0309. The summed E-state index contributed by atoms with van der Waals surface area (Å²) in [5, 5.41) is -2.80. The minimum atomic E-state index is -3.15. The first-order valence-corrected chi connectivity index (χ1v) is 31.8. The lowest BCUT2D eigenvalue weighted by atomic mass is 9.67. The van der Waals surface area contributed by atoms with Crippen LogP contribution in [0.5, 0.6) is 0 Å². The highest BCUT2D eigenvalue weighted by molar-refractivity contribution is 6.14. The lowest BCUT2D eigenvalue weighted by molar-refractivity contribution is 0.667. The molecule has 15 aromatic carbocycles. The van der Waals surface area contributed by atoms with E-state index in [2.05, 4.69) is 29.9 Å². The summed E-state index contributed by atoms with van der Waals surface area (Å²) in [6.07, 6.45) is 0. The molecule has 0 spiro atoms. The van der Waals surface area contributed by atoms with Gasteiger partial charge in [-0.2, -0.15) is 0 Å². The quantitative estimate of drug-likeness (QED) is 0.133. The molecule has 105 heavy (non-hydrogen) atoms. The molecule has 0 radical (unpaired) electrons. The van der Waals surface area contributed by atoms with E-state index in [-0.39, 0.29) is 33.5 Å². The third-order valence-electron chi connectivity index (χ3n) is 17.9. The number of rotatable bonds is 10. The molecule has 0 bridgehead atoms. The van der Waals surface area contributed by atoms with Gasteiger partial charge in [-0.05, 0) is 127 Å². The van der Waals surface area contributed by atoms with Crippen LogP contribution in [-0.4, -0.2) is 29.9 Å². The van der Waals surface area contributed by atoms with Crippen molar-refractivity contribution in [3.8, 4) is 90.6 Å². The zero-order chi connectivity index (χ0) is 110. The maximum Gasteiger partial charge on any atom is 0.164 e. The highest BCUT2D eigenvalue weighted by atomic mass is 16.3. The lowest BCUT2D eigenvalue weighted by Gasteiger charge is -2.34.